The number of thioether (sulfide) groups is 1. The van der Waals surface area contributed by atoms with Crippen LogP contribution < -0.4 is 5.32 Å². The van der Waals surface area contributed by atoms with E-state index in [9.17, 15) is 9.90 Å². The Morgan fingerprint density at radius 2 is 1.96 bits per heavy atom. The molecule has 0 saturated heterocycles. The summed E-state index contributed by atoms with van der Waals surface area (Å²) in [7, 11) is 0. The lowest BCUT2D eigenvalue weighted by Crippen LogP contribution is -2.16. The molecule has 2 N–H and O–H groups in total. The van der Waals surface area contributed by atoms with Gasteiger partial charge >= 0.3 is 0 Å². The van der Waals surface area contributed by atoms with E-state index in [0.717, 1.165) is 10.8 Å². The molecule has 0 fully saturated rings. The Labute approximate surface area is 138 Å². The van der Waals surface area contributed by atoms with Gasteiger partial charge in [-0.2, -0.15) is 0 Å². The number of amides is 1. The number of phenols is 1. The molecule has 5 nitrogen and oxygen atoms in total. The van der Waals surface area contributed by atoms with E-state index in [2.05, 4.69) is 10.3 Å². The molecule has 0 saturated carbocycles. The van der Waals surface area contributed by atoms with Crippen molar-refractivity contribution in [2.24, 2.45) is 0 Å². The van der Waals surface area contributed by atoms with Crippen LogP contribution in [0.25, 0.3) is 5.69 Å². The maximum absolute atomic E-state index is 12.6. The van der Waals surface area contributed by atoms with E-state index in [1.807, 2.05) is 41.2 Å². The van der Waals surface area contributed by atoms with Crippen LogP contribution in [0.15, 0.2) is 66.0 Å². The van der Waals surface area contributed by atoms with E-state index >= 15 is 0 Å². The molecule has 0 unspecified atom stereocenters. The second kappa shape index (κ2) is 6.58. The Kier molecular flexibility index (Phi) is 4.34. The molecule has 0 aliphatic rings. The summed E-state index contributed by atoms with van der Waals surface area (Å²) in [6.07, 6.45) is 3.47. The van der Waals surface area contributed by atoms with Crippen LogP contribution in [0.1, 0.15) is 10.5 Å². The van der Waals surface area contributed by atoms with Gasteiger partial charge in [0.25, 0.3) is 5.91 Å². The summed E-state index contributed by atoms with van der Waals surface area (Å²) >= 11 is 1.47. The Morgan fingerprint density at radius 3 is 2.65 bits per heavy atom. The number of imidazole rings is 1. The number of carbonyl (C=O) groups excluding carboxylic acids is 1. The number of aromatic hydroxyl groups is 1. The third-order valence-corrected chi connectivity index (χ3v) is 3.92. The van der Waals surface area contributed by atoms with Gasteiger partial charge in [-0.1, -0.05) is 36.0 Å². The normalized spacial score (nSPS) is 10.5. The second-order valence-corrected chi connectivity index (χ2v) is 5.58. The molecule has 23 heavy (non-hydrogen) atoms. The number of nitrogens with one attached hydrogen (secondary N) is 1. The third-order valence-electron chi connectivity index (χ3n) is 3.26. The van der Waals surface area contributed by atoms with Crippen molar-refractivity contribution in [2.75, 3.05) is 11.6 Å². The number of hydrogen-bond acceptors (Lipinski definition) is 4. The van der Waals surface area contributed by atoms with Gasteiger partial charge in [-0.15, -0.1) is 0 Å². The highest BCUT2D eigenvalue weighted by Crippen LogP contribution is 2.23. The number of para-hydroxylation sites is 1. The van der Waals surface area contributed by atoms with E-state index in [4.69, 9.17) is 0 Å². The smallest absolute Gasteiger partial charge is 0.274 e. The Balaban J connectivity index is 1.97. The van der Waals surface area contributed by atoms with Crippen molar-refractivity contribution in [1.29, 1.82) is 0 Å². The van der Waals surface area contributed by atoms with Gasteiger partial charge in [0.15, 0.2) is 5.16 Å². The SMILES string of the molecule is CSc1ncc(C(=O)Nc2cccc(O)c2)n1-c1ccccc1. The molecule has 0 aliphatic carbocycles. The zero-order valence-electron chi connectivity index (χ0n) is 12.4. The van der Waals surface area contributed by atoms with Gasteiger partial charge in [-0.05, 0) is 30.5 Å². The molecule has 6 heteroatoms. The molecular formula is C17H15N3O2S. The minimum Gasteiger partial charge on any atom is -0.508 e. The van der Waals surface area contributed by atoms with Crippen LogP contribution in [0.5, 0.6) is 5.75 Å². The number of nitrogens with zero attached hydrogens (tertiary/aromatic N) is 2. The number of rotatable bonds is 4. The highest BCUT2D eigenvalue weighted by Gasteiger charge is 2.17. The molecule has 0 aliphatic heterocycles. The molecule has 0 radical (unpaired) electrons. The maximum atomic E-state index is 12.6. The van der Waals surface area contributed by atoms with Crippen molar-refractivity contribution in [3.8, 4) is 11.4 Å². The van der Waals surface area contributed by atoms with Crippen LogP contribution >= 0.6 is 11.8 Å². The van der Waals surface area contributed by atoms with Gasteiger partial charge in [0.2, 0.25) is 0 Å². The molecule has 116 valence electrons. The van der Waals surface area contributed by atoms with Gasteiger partial charge in [0.1, 0.15) is 11.4 Å². The maximum Gasteiger partial charge on any atom is 0.274 e. The molecule has 3 aromatic rings. The molecule has 1 amide bonds. The number of hydrogen-bond donors (Lipinski definition) is 2. The van der Waals surface area contributed by atoms with E-state index in [0.29, 0.717) is 11.4 Å². The van der Waals surface area contributed by atoms with Gasteiger partial charge < -0.3 is 10.4 Å². The molecule has 2 aromatic carbocycles. The highest BCUT2D eigenvalue weighted by molar-refractivity contribution is 7.98. The summed E-state index contributed by atoms with van der Waals surface area (Å²) in [6, 6.07) is 16.0. The fourth-order valence-electron chi connectivity index (χ4n) is 2.24. The van der Waals surface area contributed by atoms with Gasteiger partial charge in [0, 0.05) is 17.4 Å². The minimum absolute atomic E-state index is 0.101. The lowest BCUT2D eigenvalue weighted by atomic mass is 10.3. The Hall–Kier alpha value is -2.73. The number of anilines is 1. The Bertz CT molecular complexity index is 831. The number of aromatic nitrogens is 2. The average Bonchev–Trinajstić information content (AvgIpc) is 3.00. The quantitative estimate of drug-likeness (QED) is 0.720. The number of phenolic OH excluding ortho intramolecular Hbond substituents is 1. The lowest BCUT2D eigenvalue weighted by Gasteiger charge is -2.11. The topological polar surface area (TPSA) is 67.2 Å². The molecular weight excluding hydrogens is 310 g/mol. The summed E-state index contributed by atoms with van der Waals surface area (Å²) in [5.74, 6) is -0.184. The predicted molar refractivity (Wildman–Crippen MR) is 91.4 cm³/mol. The van der Waals surface area contributed by atoms with E-state index < -0.39 is 0 Å². The largest absolute Gasteiger partial charge is 0.508 e. The minimum atomic E-state index is -0.285. The van der Waals surface area contributed by atoms with E-state index in [-0.39, 0.29) is 11.7 Å². The average molecular weight is 325 g/mol. The third kappa shape index (κ3) is 3.22. The predicted octanol–water partition coefficient (Wildman–Crippen LogP) is 3.55. The summed E-state index contributed by atoms with van der Waals surface area (Å²) in [5, 5.41) is 13.0. The molecule has 1 heterocycles. The summed E-state index contributed by atoms with van der Waals surface area (Å²) in [6.45, 7) is 0. The van der Waals surface area contributed by atoms with Crippen LogP contribution in [0.4, 0.5) is 5.69 Å². The standard InChI is InChI=1S/C17H15N3O2S/c1-23-17-18-11-15(20(17)13-7-3-2-4-8-13)16(22)19-12-6-5-9-14(21)10-12/h2-11,21H,1H3,(H,19,22). The lowest BCUT2D eigenvalue weighted by molar-refractivity contribution is 0.102. The van der Waals surface area contributed by atoms with Crippen molar-refractivity contribution in [2.45, 2.75) is 5.16 Å². The monoisotopic (exact) mass is 325 g/mol. The zero-order valence-corrected chi connectivity index (χ0v) is 13.2. The van der Waals surface area contributed by atoms with Crippen LogP contribution in [0.3, 0.4) is 0 Å². The molecule has 1 aromatic heterocycles. The van der Waals surface area contributed by atoms with Gasteiger partial charge in [0.05, 0.1) is 6.20 Å². The summed E-state index contributed by atoms with van der Waals surface area (Å²) in [4.78, 5) is 16.9. The second-order valence-electron chi connectivity index (χ2n) is 4.81. The van der Waals surface area contributed by atoms with Crippen molar-refractivity contribution in [3.63, 3.8) is 0 Å². The first-order valence-electron chi connectivity index (χ1n) is 6.96. The molecule has 0 atom stereocenters. The fraction of sp³-hybridized carbons (Fsp3) is 0.0588. The van der Waals surface area contributed by atoms with Crippen molar-refractivity contribution in [1.82, 2.24) is 9.55 Å². The zero-order chi connectivity index (χ0) is 16.2. The number of carbonyl (C=O) groups is 1. The van der Waals surface area contributed by atoms with Crippen LogP contribution in [0, 0.1) is 0 Å². The van der Waals surface area contributed by atoms with Crippen molar-refractivity contribution in [3.05, 3.63) is 66.5 Å². The molecule has 0 bridgehead atoms. The van der Waals surface area contributed by atoms with Crippen molar-refractivity contribution < 1.29 is 9.90 Å². The first-order chi connectivity index (χ1) is 11.2. The molecule has 3 rings (SSSR count). The van der Waals surface area contributed by atoms with Crippen molar-refractivity contribution >= 4 is 23.4 Å². The number of benzene rings is 2. The van der Waals surface area contributed by atoms with Crippen LogP contribution in [0.2, 0.25) is 0 Å². The van der Waals surface area contributed by atoms with Crippen LogP contribution in [-0.2, 0) is 0 Å². The van der Waals surface area contributed by atoms with Gasteiger partial charge in [-0.25, -0.2) is 4.98 Å². The van der Waals surface area contributed by atoms with Crippen LogP contribution in [-0.4, -0.2) is 26.8 Å². The fourth-order valence-corrected chi connectivity index (χ4v) is 2.79. The highest BCUT2D eigenvalue weighted by atomic mass is 32.2. The van der Waals surface area contributed by atoms with E-state index in [1.165, 1.54) is 17.8 Å². The summed E-state index contributed by atoms with van der Waals surface area (Å²) < 4.78 is 1.81. The van der Waals surface area contributed by atoms with E-state index in [1.54, 1.807) is 24.4 Å². The Morgan fingerprint density at radius 1 is 1.17 bits per heavy atom. The summed E-state index contributed by atoms with van der Waals surface area (Å²) in [5.41, 5.74) is 1.83. The first-order valence-corrected chi connectivity index (χ1v) is 8.19. The first kappa shape index (κ1) is 15.2. The molecule has 0 spiro atoms. The van der Waals surface area contributed by atoms with Gasteiger partial charge in [-0.3, -0.25) is 9.36 Å².